The van der Waals surface area contributed by atoms with Gasteiger partial charge < -0.3 is 10.1 Å². The van der Waals surface area contributed by atoms with E-state index in [0.717, 1.165) is 49.2 Å². The van der Waals surface area contributed by atoms with Crippen LogP contribution in [-0.4, -0.2) is 29.0 Å². The standard InChI is InChI=1S/C24H32N2O2S.C2H6/c1-5-7-23(26-18-27)24(3,29-4)16-20-9-12-22(13-10-20)28-15-14-21-11-8-19(6-2)17-25-21;1-2/h7-13,17-18H,5-6,14-16H2,1-4H3,(H,26,27);1-2H3/b23-7+;. The van der Waals surface area contributed by atoms with Gasteiger partial charge in [-0.15, -0.1) is 0 Å². The van der Waals surface area contributed by atoms with Crippen molar-refractivity contribution in [3.05, 3.63) is 71.2 Å². The molecule has 170 valence electrons. The molecule has 2 rings (SSSR count). The average Bonchev–Trinajstić information content (AvgIpc) is 2.82. The molecule has 31 heavy (non-hydrogen) atoms. The Morgan fingerprint density at radius 3 is 2.32 bits per heavy atom. The molecule has 0 fully saturated rings. The van der Waals surface area contributed by atoms with Gasteiger partial charge in [-0.2, -0.15) is 11.8 Å². The summed E-state index contributed by atoms with van der Waals surface area (Å²) in [6, 6.07) is 12.4. The monoisotopic (exact) mass is 442 g/mol. The molecule has 0 aliphatic rings. The number of hydrogen-bond acceptors (Lipinski definition) is 4. The molecule has 0 spiro atoms. The van der Waals surface area contributed by atoms with E-state index in [1.807, 2.05) is 32.2 Å². The van der Waals surface area contributed by atoms with Gasteiger partial charge >= 0.3 is 0 Å². The first-order valence-electron chi connectivity index (χ1n) is 11.2. The molecule has 4 nitrogen and oxygen atoms in total. The smallest absolute Gasteiger partial charge is 0.211 e. The number of amides is 1. The zero-order valence-electron chi connectivity index (χ0n) is 19.9. The second kappa shape index (κ2) is 14.7. The van der Waals surface area contributed by atoms with Crippen LogP contribution in [0.25, 0.3) is 0 Å². The van der Waals surface area contributed by atoms with Crippen LogP contribution in [0.2, 0.25) is 0 Å². The number of rotatable bonds is 12. The molecular formula is C26H38N2O2S. The highest BCUT2D eigenvalue weighted by molar-refractivity contribution is 8.00. The van der Waals surface area contributed by atoms with Gasteiger partial charge in [0.1, 0.15) is 5.75 Å². The number of aryl methyl sites for hydroxylation is 1. The van der Waals surface area contributed by atoms with Gasteiger partial charge in [-0.1, -0.05) is 52.0 Å². The molecule has 0 aliphatic carbocycles. The number of thioether (sulfide) groups is 1. The summed E-state index contributed by atoms with van der Waals surface area (Å²) >= 11 is 1.75. The van der Waals surface area contributed by atoms with E-state index >= 15 is 0 Å². The maximum absolute atomic E-state index is 11.0. The predicted molar refractivity (Wildman–Crippen MR) is 134 cm³/mol. The van der Waals surface area contributed by atoms with Crippen LogP contribution >= 0.6 is 11.8 Å². The number of nitrogens with one attached hydrogen (secondary N) is 1. The molecule has 1 unspecified atom stereocenters. The molecule has 0 radical (unpaired) electrons. The van der Waals surface area contributed by atoms with Crippen molar-refractivity contribution in [3.63, 3.8) is 0 Å². The molecule has 1 aromatic carbocycles. The minimum atomic E-state index is -0.185. The Hall–Kier alpha value is -2.27. The first kappa shape index (κ1) is 26.8. The van der Waals surface area contributed by atoms with Crippen LogP contribution in [0.1, 0.15) is 57.9 Å². The lowest BCUT2D eigenvalue weighted by molar-refractivity contribution is -0.109. The van der Waals surface area contributed by atoms with Crippen LogP contribution in [0.3, 0.4) is 0 Å². The fourth-order valence-electron chi connectivity index (χ4n) is 3.15. The first-order valence-corrected chi connectivity index (χ1v) is 12.4. The number of allylic oxidation sites excluding steroid dienone is 1. The summed E-state index contributed by atoms with van der Waals surface area (Å²) < 4.78 is 5.70. The highest BCUT2D eigenvalue weighted by Crippen LogP contribution is 2.33. The van der Waals surface area contributed by atoms with E-state index in [1.165, 1.54) is 11.1 Å². The molecule has 1 atom stereocenters. The number of nitrogens with zero attached hydrogens (tertiary/aromatic N) is 1. The summed E-state index contributed by atoms with van der Waals surface area (Å²) in [5, 5.41) is 2.89. The van der Waals surface area contributed by atoms with E-state index in [1.54, 1.807) is 11.8 Å². The number of carbonyl (C=O) groups is 1. The van der Waals surface area contributed by atoms with Gasteiger partial charge in [-0.05, 0) is 61.8 Å². The molecule has 5 heteroatoms. The Balaban J connectivity index is 0.00000233. The quantitative estimate of drug-likeness (QED) is 0.410. The van der Waals surface area contributed by atoms with Crippen LogP contribution in [-0.2, 0) is 24.1 Å². The number of hydrogen-bond donors (Lipinski definition) is 1. The minimum Gasteiger partial charge on any atom is -0.493 e. The first-order chi connectivity index (χ1) is 15.0. The van der Waals surface area contributed by atoms with Crippen molar-refractivity contribution in [2.45, 2.75) is 65.0 Å². The molecule has 0 aliphatic heterocycles. The molecule has 2 aromatic rings. The lowest BCUT2D eigenvalue weighted by Crippen LogP contribution is -2.34. The number of ether oxygens (including phenoxy) is 1. The average molecular weight is 443 g/mol. The van der Waals surface area contributed by atoms with Gasteiger partial charge in [-0.3, -0.25) is 9.78 Å². The van der Waals surface area contributed by atoms with Gasteiger partial charge in [0, 0.05) is 24.0 Å². The van der Waals surface area contributed by atoms with Crippen molar-refractivity contribution in [2.24, 2.45) is 0 Å². The maximum Gasteiger partial charge on any atom is 0.211 e. The third kappa shape index (κ3) is 8.78. The summed E-state index contributed by atoms with van der Waals surface area (Å²) in [7, 11) is 0. The van der Waals surface area contributed by atoms with E-state index < -0.39 is 0 Å². The van der Waals surface area contributed by atoms with Crippen molar-refractivity contribution in [2.75, 3.05) is 12.9 Å². The summed E-state index contributed by atoms with van der Waals surface area (Å²) in [5.41, 5.74) is 4.47. The van der Waals surface area contributed by atoms with Gasteiger partial charge in [0.15, 0.2) is 0 Å². The Kier molecular flexibility index (Phi) is 12.7. The molecular weight excluding hydrogens is 404 g/mol. The van der Waals surface area contributed by atoms with Crippen molar-refractivity contribution in [3.8, 4) is 5.75 Å². The van der Waals surface area contributed by atoms with E-state index in [-0.39, 0.29) is 4.75 Å². The Morgan fingerprint density at radius 1 is 1.13 bits per heavy atom. The van der Waals surface area contributed by atoms with Crippen molar-refractivity contribution in [1.82, 2.24) is 10.3 Å². The molecule has 1 aromatic heterocycles. The summed E-state index contributed by atoms with van der Waals surface area (Å²) in [6.45, 7) is 11.0. The zero-order valence-corrected chi connectivity index (χ0v) is 20.7. The molecule has 0 saturated heterocycles. The van der Waals surface area contributed by atoms with Crippen molar-refractivity contribution < 1.29 is 9.53 Å². The van der Waals surface area contributed by atoms with Gasteiger partial charge in [0.25, 0.3) is 0 Å². The fourth-order valence-corrected chi connectivity index (χ4v) is 3.82. The molecule has 1 N–H and O–H groups in total. The summed E-state index contributed by atoms with van der Waals surface area (Å²) in [5.74, 6) is 0.861. The van der Waals surface area contributed by atoms with E-state index in [4.69, 9.17) is 4.74 Å². The Morgan fingerprint density at radius 2 is 1.81 bits per heavy atom. The van der Waals surface area contributed by atoms with Crippen molar-refractivity contribution in [1.29, 1.82) is 0 Å². The second-order valence-corrected chi connectivity index (χ2v) is 8.46. The zero-order chi connectivity index (χ0) is 23.1. The van der Waals surface area contributed by atoms with E-state index in [2.05, 4.69) is 67.7 Å². The van der Waals surface area contributed by atoms with E-state index in [9.17, 15) is 4.79 Å². The molecule has 1 heterocycles. The molecule has 0 saturated carbocycles. The summed E-state index contributed by atoms with van der Waals surface area (Å²) in [6.07, 6.45) is 10.4. The third-order valence-electron chi connectivity index (χ3n) is 5.03. The highest BCUT2D eigenvalue weighted by Gasteiger charge is 2.28. The number of benzene rings is 1. The molecule has 0 bridgehead atoms. The van der Waals surface area contributed by atoms with Crippen LogP contribution in [0.4, 0.5) is 0 Å². The van der Waals surface area contributed by atoms with Crippen molar-refractivity contribution >= 4 is 18.2 Å². The molecule has 1 amide bonds. The van der Waals surface area contributed by atoms with Crippen LogP contribution in [0, 0.1) is 0 Å². The highest BCUT2D eigenvalue weighted by atomic mass is 32.2. The van der Waals surface area contributed by atoms with Gasteiger partial charge in [0.05, 0.1) is 11.4 Å². The van der Waals surface area contributed by atoms with E-state index in [0.29, 0.717) is 6.61 Å². The van der Waals surface area contributed by atoms with Crippen LogP contribution in [0.15, 0.2) is 54.4 Å². The SMILES string of the molecule is CC.CC/C=C(/NC=O)C(C)(Cc1ccc(OCCc2ccc(CC)cn2)cc1)SC. The lowest BCUT2D eigenvalue weighted by Gasteiger charge is -2.30. The predicted octanol–water partition coefficient (Wildman–Crippen LogP) is 6.00. The Labute approximate surface area is 192 Å². The lowest BCUT2D eigenvalue weighted by atomic mass is 9.96. The number of aromatic nitrogens is 1. The third-order valence-corrected chi connectivity index (χ3v) is 6.29. The van der Waals surface area contributed by atoms with Crippen LogP contribution in [0.5, 0.6) is 5.75 Å². The summed E-state index contributed by atoms with van der Waals surface area (Å²) in [4.78, 5) is 15.5. The minimum absolute atomic E-state index is 0.185. The number of pyridine rings is 1. The maximum atomic E-state index is 11.0. The normalized spacial score (nSPS) is 12.9. The largest absolute Gasteiger partial charge is 0.493 e. The van der Waals surface area contributed by atoms with Gasteiger partial charge in [0.2, 0.25) is 6.41 Å². The number of carbonyl (C=O) groups excluding carboxylic acids is 1. The van der Waals surface area contributed by atoms with Crippen LogP contribution < -0.4 is 10.1 Å². The second-order valence-electron chi connectivity index (χ2n) is 7.15. The fraction of sp³-hybridized carbons (Fsp3) is 0.462. The topological polar surface area (TPSA) is 51.2 Å². The van der Waals surface area contributed by atoms with Gasteiger partial charge in [-0.25, -0.2) is 0 Å². The Bertz CT molecular complexity index is 788.